The van der Waals surface area contributed by atoms with Gasteiger partial charge in [0.2, 0.25) is 0 Å². The quantitative estimate of drug-likeness (QED) is 0.793. The van der Waals surface area contributed by atoms with E-state index in [-0.39, 0.29) is 5.60 Å². The zero-order chi connectivity index (χ0) is 16.0. The number of aryl methyl sites for hydroxylation is 1. The molecule has 0 atom stereocenters. The van der Waals surface area contributed by atoms with Gasteiger partial charge in [-0.15, -0.1) is 0 Å². The van der Waals surface area contributed by atoms with E-state index in [1.54, 1.807) is 17.1 Å². The highest BCUT2D eigenvalue weighted by Crippen LogP contribution is 2.36. The van der Waals surface area contributed by atoms with E-state index >= 15 is 0 Å². The predicted octanol–water partition coefficient (Wildman–Crippen LogP) is 1.65. The van der Waals surface area contributed by atoms with Crippen molar-refractivity contribution in [1.29, 1.82) is 0 Å². The zero-order valence-electron chi connectivity index (χ0n) is 13.5. The largest absolute Gasteiger partial charge is 0.458 e. The topological polar surface area (TPSA) is 69.3 Å². The van der Waals surface area contributed by atoms with E-state index in [1.807, 2.05) is 37.0 Å². The summed E-state index contributed by atoms with van der Waals surface area (Å²) in [6.07, 6.45) is 9.32. The van der Waals surface area contributed by atoms with Crippen LogP contribution in [0.2, 0.25) is 0 Å². The van der Waals surface area contributed by atoms with Gasteiger partial charge in [-0.3, -0.25) is 9.08 Å². The third-order valence-corrected chi connectivity index (χ3v) is 4.46. The van der Waals surface area contributed by atoms with E-state index in [1.165, 1.54) is 0 Å². The molecule has 3 heterocycles. The molecule has 0 saturated heterocycles. The Balaban J connectivity index is 1.72. The maximum absolute atomic E-state index is 6.26. The number of hydrogen-bond donors (Lipinski definition) is 1. The molecule has 1 aliphatic carbocycles. The highest BCUT2D eigenvalue weighted by Gasteiger charge is 2.42. The molecule has 7 heteroatoms. The van der Waals surface area contributed by atoms with Crippen LogP contribution >= 0.6 is 0 Å². The van der Waals surface area contributed by atoms with Crippen molar-refractivity contribution in [2.24, 2.45) is 7.05 Å². The normalized spacial score (nSPS) is 23.9. The van der Waals surface area contributed by atoms with Crippen molar-refractivity contribution in [2.75, 3.05) is 7.05 Å². The van der Waals surface area contributed by atoms with Crippen molar-refractivity contribution in [1.82, 2.24) is 29.5 Å². The molecule has 1 N–H and O–H groups in total. The highest BCUT2D eigenvalue weighted by atomic mass is 16.5. The summed E-state index contributed by atoms with van der Waals surface area (Å²) >= 11 is 0. The lowest BCUT2D eigenvalue weighted by Gasteiger charge is -2.44. The Bertz CT molecular complexity index is 845. The van der Waals surface area contributed by atoms with Gasteiger partial charge in [0, 0.05) is 56.2 Å². The monoisotopic (exact) mass is 312 g/mol. The lowest BCUT2D eigenvalue weighted by molar-refractivity contribution is -0.0209. The number of hydrogen-bond acceptors (Lipinski definition) is 5. The van der Waals surface area contributed by atoms with Crippen LogP contribution in [-0.2, 0) is 7.05 Å². The number of nitrogens with one attached hydrogen (secondary N) is 1. The molecule has 0 radical (unpaired) electrons. The van der Waals surface area contributed by atoms with Gasteiger partial charge in [0.1, 0.15) is 11.2 Å². The Morgan fingerprint density at radius 3 is 2.91 bits per heavy atom. The molecule has 23 heavy (non-hydrogen) atoms. The number of fused-ring (bicyclic) bond motifs is 1. The molecule has 1 aliphatic rings. The van der Waals surface area contributed by atoms with Gasteiger partial charge < -0.3 is 10.1 Å². The number of aromatic nitrogens is 5. The van der Waals surface area contributed by atoms with Gasteiger partial charge >= 0.3 is 6.01 Å². The Labute approximate surface area is 134 Å². The Morgan fingerprint density at radius 1 is 1.39 bits per heavy atom. The van der Waals surface area contributed by atoms with Crippen molar-refractivity contribution >= 4 is 5.65 Å². The summed E-state index contributed by atoms with van der Waals surface area (Å²) in [6, 6.07) is 3.04. The highest BCUT2D eigenvalue weighted by molar-refractivity contribution is 5.62. The first-order valence-corrected chi connectivity index (χ1v) is 7.76. The van der Waals surface area contributed by atoms with Gasteiger partial charge in [0.05, 0.1) is 11.9 Å². The molecule has 7 nitrogen and oxygen atoms in total. The maximum Gasteiger partial charge on any atom is 0.303 e. The van der Waals surface area contributed by atoms with Crippen LogP contribution in [0.3, 0.4) is 0 Å². The lowest BCUT2D eigenvalue weighted by Crippen LogP contribution is -2.54. The van der Waals surface area contributed by atoms with Crippen LogP contribution in [-0.4, -0.2) is 42.8 Å². The van der Waals surface area contributed by atoms with E-state index in [0.29, 0.717) is 12.1 Å². The van der Waals surface area contributed by atoms with E-state index in [4.69, 9.17) is 9.72 Å². The van der Waals surface area contributed by atoms with Gasteiger partial charge in [0.25, 0.3) is 0 Å². The van der Waals surface area contributed by atoms with E-state index in [2.05, 4.69) is 22.3 Å². The Kier molecular flexibility index (Phi) is 3.12. The molecule has 0 aliphatic heterocycles. The van der Waals surface area contributed by atoms with Gasteiger partial charge in [0.15, 0.2) is 0 Å². The van der Waals surface area contributed by atoms with Crippen LogP contribution < -0.4 is 10.1 Å². The number of nitrogens with zero attached hydrogens (tertiary/aromatic N) is 5. The molecule has 0 amide bonds. The smallest absolute Gasteiger partial charge is 0.303 e. The third kappa shape index (κ3) is 2.46. The molecule has 0 aromatic carbocycles. The van der Waals surface area contributed by atoms with Crippen LogP contribution in [0.25, 0.3) is 16.9 Å². The SMILES string of the molecule is CNC1CC(C)(Oc2nc(-c3cnn(C)c3)cc3nccn23)C1. The van der Waals surface area contributed by atoms with Crippen LogP contribution in [0, 0.1) is 0 Å². The Morgan fingerprint density at radius 2 is 2.22 bits per heavy atom. The number of ether oxygens (including phenoxy) is 1. The molecule has 0 bridgehead atoms. The van der Waals surface area contributed by atoms with Crippen molar-refractivity contribution in [3.63, 3.8) is 0 Å². The first-order valence-electron chi connectivity index (χ1n) is 7.76. The molecule has 1 saturated carbocycles. The average Bonchev–Trinajstić information content (AvgIpc) is 3.12. The second-order valence-electron chi connectivity index (χ2n) is 6.43. The van der Waals surface area contributed by atoms with Crippen molar-refractivity contribution in [3.8, 4) is 17.3 Å². The number of imidazole rings is 1. The molecule has 3 aromatic heterocycles. The van der Waals surface area contributed by atoms with Crippen LogP contribution in [0.15, 0.2) is 30.9 Å². The van der Waals surface area contributed by atoms with Crippen LogP contribution in [0.5, 0.6) is 6.01 Å². The van der Waals surface area contributed by atoms with Crippen molar-refractivity contribution < 1.29 is 4.74 Å². The molecule has 3 aromatic rings. The molecule has 120 valence electrons. The summed E-state index contributed by atoms with van der Waals surface area (Å²) in [6.45, 7) is 2.13. The second kappa shape index (κ2) is 5.06. The summed E-state index contributed by atoms with van der Waals surface area (Å²) in [5, 5.41) is 7.50. The van der Waals surface area contributed by atoms with Crippen LogP contribution in [0.1, 0.15) is 19.8 Å². The van der Waals surface area contributed by atoms with Gasteiger partial charge in [-0.1, -0.05) is 0 Å². The molecular formula is C16H20N6O. The fraction of sp³-hybridized carbons (Fsp3) is 0.438. The summed E-state index contributed by atoms with van der Waals surface area (Å²) in [5.74, 6) is 0. The maximum atomic E-state index is 6.26. The van der Waals surface area contributed by atoms with Gasteiger partial charge in [-0.05, 0) is 14.0 Å². The second-order valence-corrected chi connectivity index (χ2v) is 6.43. The standard InChI is InChI=1S/C16H20N6O/c1-16(7-12(8-16)17-2)23-15-20-13(11-9-19-21(3)10-11)6-14-18-4-5-22(14)15/h4-6,9-10,12,17H,7-8H2,1-3H3. The zero-order valence-corrected chi connectivity index (χ0v) is 13.5. The Hall–Kier alpha value is -2.41. The van der Waals surface area contributed by atoms with Gasteiger partial charge in [-0.25, -0.2) is 4.98 Å². The minimum Gasteiger partial charge on any atom is -0.458 e. The minimum absolute atomic E-state index is 0.189. The fourth-order valence-electron chi connectivity index (χ4n) is 3.16. The minimum atomic E-state index is -0.189. The number of rotatable bonds is 4. The van der Waals surface area contributed by atoms with Crippen molar-refractivity contribution in [2.45, 2.75) is 31.4 Å². The molecule has 1 fully saturated rings. The lowest BCUT2D eigenvalue weighted by atomic mass is 9.77. The van der Waals surface area contributed by atoms with E-state index in [0.717, 1.165) is 29.7 Å². The summed E-state index contributed by atoms with van der Waals surface area (Å²) in [5.41, 5.74) is 2.40. The summed E-state index contributed by atoms with van der Waals surface area (Å²) in [7, 11) is 3.88. The van der Waals surface area contributed by atoms with E-state index in [9.17, 15) is 0 Å². The third-order valence-electron chi connectivity index (χ3n) is 4.46. The predicted molar refractivity (Wildman–Crippen MR) is 86.3 cm³/mol. The first kappa shape index (κ1) is 14.2. The summed E-state index contributed by atoms with van der Waals surface area (Å²) in [4.78, 5) is 9.08. The molecule has 0 unspecified atom stereocenters. The van der Waals surface area contributed by atoms with Gasteiger partial charge in [-0.2, -0.15) is 10.1 Å². The average molecular weight is 312 g/mol. The first-order chi connectivity index (χ1) is 11.1. The molecule has 0 spiro atoms. The molecular weight excluding hydrogens is 292 g/mol. The summed E-state index contributed by atoms with van der Waals surface area (Å²) < 4.78 is 9.90. The van der Waals surface area contributed by atoms with E-state index < -0.39 is 0 Å². The fourth-order valence-corrected chi connectivity index (χ4v) is 3.16. The molecule has 4 rings (SSSR count). The van der Waals surface area contributed by atoms with Crippen LogP contribution in [0.4, 0.5) is 0 Å². The van der Waals surface area contributed by atoms with Crippen molar-refractivity contribution in [3.05, 3.63) is 30.9 Å².